The Balaban J connectivity index is 2.14. The molecule has 0 atom stereocenters. The van der Waals surface area contributed by atoms with Crippen molar-refractivity contribution >= 4 is 17.6 Å². The summed E-state index contributed by atoms with van der Waals surface area (Å²) in [7, 11) is 0. The van der Waals surface area contributed by atoms with Crippen LogP contribution in [0.15, 0.2) is 36.7 Å². The highest BCUT2D eigenvalue weighted by molar-refractivity contribution is 5.94. The Bertz CT molecular complexity index is 727. The lowest BCUT2D eigenvalue weighted by molar-refractivity contribution is -0.137. The molecule has 1 heterocycles. The second kappa shape index (κ2) is 7.16. The minimum Gasteiger partial charge on any atom is -0.460 e. The minimum atomic E-state index is -4.65. The third kappa shape index (κ3) is 4.83. The molecule has 128 valence electrons. The van der Waals surface area contributed by atoms with Gasteiger partial charge in [0.2, 0.25) is 5.91 Å². The van der Waals surface area contributed by atoms with Crippen molar-refractivity contribution < 1.29 is 27.5 Å². The lowest BCUT2D eigenvalue weighted by Gasteiger charge is -2.12. The van der Waals surface area contributed by atoms with Gasteiger partial charge in [-0.3, -0.25) is 9.48 Å². The summed E-state index contributed by atoms with van der Waals surface area (Å²) in [6.45, 7) is 1.38. The zero-order chi connectivity index (χ0) is 17.7. The number of alkyl halides is 3. The van der Waals surface area contributed by atoms with Crippen LogP contribution in [0.5, 0.6) is 0 Å². The number of anilines is 1. The Hall–Kier alpha value is -2.84. The second-order valence-corrected chi connectivity index (χ2v) is 4.88. The van der Waals surface area contributed by atoms with Gasteiger partial charge in [-0.15, -0.1) is 0 Å². The number of carbonyl (C=O) groups is 2. The zero-order valence-electron chi connectivity index (χ0n) is 12.6. The summed E-state index contributed by atoms with van der Waals surface area (Å²) < 4.78 is 45.2. The summed E-state index contributed by atoms with van der Waals surface area (Å²) in [6.07, 6.45) is -1.44. The van der Waals surface area contributed by atoms with Gasteiger partial charge in [-0.05, 0) is 24.3 Å². The summed E-state index contributed by atoms with van der Waals surface area (Å²) in [4.78, 5) is 23.0. The molecule has 1 amide bonds. The van der Waals surface area contributed by atoms with Gasteiger partial charge in [0.25, 0.3) is 0 Å². The Labute approximate surface area is 135 Å². The van der Waals surface area contributed by atoms with Crippen molar-refractivity contribution in [3.05, 3.63) is 47.8 Å². The summed E-state index contributed by atoms with van der Waals surface area (Å²) in [5, 5.41) is 6.14. The first-order valence-corrected chi connectivity index (χ1v) is 6.90. The first kappa shape index (κ1) is 17.5. The highest BCUT2D eigenvalue weighted by Crippen LogP contribution is 2.32. The number of amides is 1. The molecular formula is C15H14F3N3O3. The van der Waals surface area contributed by atoms with E-state index in [0.717, 1.165) is 19.1 Å². The second-order valence-electron chi connectivity index (χ2n) is 4.88. The molecule has 2 aromatic rings. The molecule has 1 N–H and O–H groups in total. The molecule has 0 aliphatic rings. The first-order valence-electron chi connectivity index (χ1n) is 6.90. The molecule has 0 bridgehead atoms. The predicted molar refractivity (Wildman–Crippen MR) is 78.3 cm³/mol. The normalized spacial score (nSPS) is 11.2. The quantitative estimate of drug-likeness (QED) is 0.849. The average Bonchev–Trinajstić information content (AvgIpc) is 2.98. The molecule has 1 aromatic carbocycles. The maximum atomic E-state index is 12.9. The highest BCUT2D eigenvalue weighted by Gasteiger charge is 2.32. The molecule has 1 aromatic heterocycles. The Morgan fingerprint density at radius 3 is 2.62 bits per heavy atom. The molecule has 0 aliphatic heterocycles. The van der Waals surface area contributed by atoms with Gasteiger partial charge >= 0.3 is 12.1 Å². The number of esters is 1. The Kier molecular flexibility index (Phi) is 5.22. The number of ether oxygens (including phenoxy) is 1. The lowest BCUT2D eigenvalue weighted by atomic mass is 10.1. The molecule has 2 rings (SSSR count). The standard InChI is InChI=1S/C15H14F3N3O3/c1-10(22)20-13-8-11(7-12(9-13)15(16,17)18)14(23)24-6-5-21-4-2-3-19-21/h2-4,7-9H,5-6H2,1H3,(H,20,22). The average molecular weight is 341 g/mol. The number of halogens is 3. The third-order valence-corrected chi connectivity index (χ3v) is 2.93. The number of hydrogen-bond donors (Lipinski definition) is 1. The molecule has 0 saturated carbocycles. The maximum Gasteiger partial charge on any atom is 0.416 e. The molecule has 6 nitrogen and oxygen atoms in total. The van der Waals surface area contributed by atoms with E-state index in [2.05, 4.69) is 10.4 Å². The zero-order valence-corrected chi connectivity index (χ0v) is 12.6. The van der Waals surface area contributed by atoms with Crippen molar-refractivity contribution in [1.29, 1.82) is 0 Å². The van der Waals surface area contributed by atoms with Crippen molar-refractivity contribution in [2.75, 3.05) is 11.9 Å². The molecule has 0 fully saturated rings. The van der Waals surface area contributed by atoms with E-state index in [9.17, 15) is 22.8 Å². The smallest absolute Gasteiger partial charge is 0.416 e. The summed E-state index contributed by atoms with van der Waals surface area (Å²) >= 11 is 0. The maximum absolute atomic E-state index is 12.9. The van der Waals surface area contributed by atoms with Crippen LogP contribution in [0.2, 0.25) is 0 Å². The van der Waals surface area contributed by atoms with Crippen LogP contribution < -0.4 is 5.32 Å². The molecular weight excluding hydrogens is 327 g/mol. The Morgan fingerprint density at radius 1 is 1.29 bits per heavy atom. The van der Waals surface area contributed by atoms with Crippen molar-refractivity contribution in [1.82, 2.24) is 9.78 Å². The van der Waals surface area contributed by atoms with Gasteiger partial charge in [0.15, 0.2) is 0 Å². The van der Waals surface area contributed by atoms with Crippen LogP contribution in [0.1, 0.15) is 22.8 Å². The number of nitrogens with zero attached hydrogens (tertiary/aromatic N) is 2. The van der Waals surface area contributed by atoms with Crippen LogP contribution in [0.3, 0.4) is 0 Å². The van der Waals surface area contributed by atoms with Gasteiger partial charge in [0, 0.05) is 25.0 Å². The molecule has 0 saturated heterocycles. The highest BCUT2D eigenvalue weighted by atomic mass is 19.4. The largest absolute Gasteiger partial charge is 0.460 e. The fraction of sp³-hybridized carbons (Fsp3) is 0.267. The van der Waals surface area contributed by atoms with Crippen molar-refractivity contribution in [3.63, 3.8) is 0 Å². The van der Waals surface area contributed by atoms with Gasteiger partial charge in [0.05, 0.1) is 17.7 Å². The number of rotatable bonds is 5. The van der Waals surface area contributed by atoms with Gasteiger partial charge in [0.1, 0.15) is 6.61 Å². The fourth-order valence-electron chi connectivity index (χ4n) is 1.93. The SMILES string of the molecule is CC(=O)Nc1cc(C(=O)OCCn2cccn2)cc(C(F)(F)F)c1. The van der Waals surface area contributed by atoms with Crippen molar-refractivity contribution in [3.8, 4) is 0 Å². The number of nitrogens with one attached hydrogen (secondary N) is 1. The van der Waals surface area contributed by atoms with Crippen LogP contribution in [-0.2, 0) is 22.3 Å². The van der Waals surface area contributed by atoms with Crippen molar-refractivity contribution in [2.45, 2.75) is 19.6 Å². The molecule has 0 radical (unpaired) electrons. The topological polar surface area (TPSA) is 73.2 Å². The molecule has 9 heteroatoms. The predicted octanol–water partition coefficient (Wildman–Crippen LogP) is 2.72. The van der Waals surface area contributed by atoms with Gasteiger partial charge in [-0.2, -0.15) is 18.3 Å². The van der Waals surface area contributed by atoms with E-state index in [0.29, 0.717) is 6.07 Å². The van der Waals surface area contributed by atoms with Gasteiger partial charge in [-0.25, -0.2) is 4.79 Å². The fourth-order valence-corrected chi connectivity index (χ4v) is 1.93. The van der Waals surface area contributed by atoms with Crippen LogP contribution in [0.4, 0.5) is 18.9 Å². The monoisotopic (exact) mass is 341 g/mol. The third-order valence-electron chi connectivity index (χ3n) is 2.93. The van der Waals surface area contributed by atoms with Crippen LogP contribution in [0.25, 0.3) is 0 Å². The molecule has 0 aliphatic carbocycles. The number of benzene rings is 1. The summed E-state index contributed by atoms with van der Waals surface area (Å²) in [6, 6.07) is 4.25. The minimum absolute atomic E-state index is 0.0494. The van der Waals surface area contributed by atoms with E-state index in [1.165, 1.54) is 4.68 Å². The van der Waals surface area contributed by atoms with Crippen molar-refractivity contribution in [2.24, 2.45) is 0 Å². The van der Waals surface area contributed by atoms with Crippen LogP contribution in [0, 0.1) is 0 Å². The van der Waals surface area contributed by atoms with E-state index >= 15 is 0 Å². The number of aromatic nitrogens is 2. The molecule has 0 unspecified atom stereocenters. The molecule has 24 heavy (non-hydrogen) atoms. The van der Waals surface area contributed by atoms with Crippen LogP contribution >= 0.6 is 0 Å². The van der Waals surface area contributed by atoms with E-state index in [1.807, 2.05) is 0 Å². The van der Waals surface area contributed by atoms with E-state index in [1.54, 1.807) is 18.5 Å². The number of carbonyl (C=O) groups excluding carboxylic acids is 2. The van der Waals surface area contributed by atoms with Gasteiger partial charge in [-0.1, -0.05) is 0 Å². The van der Waals surface area contributed by atoms with Gasteiger partial charge < -0.3 is 10.1 Å². The first-order chi connectivity index (χ1) is 11.3. The van der Waals surface area contributed by atoms with E-state index < -0.39 is 23.6 Å². The van der Waals surface area contributed by atoms with E-state index in [4.69, 9.17) is 4.74 Å². The van der Waals surface area contributed by atoms with E-state index in [-0.39, 0.29) is 24.4 Å². The van der Waals surface area contributed by atoms with Crippen LogP contribution in [-0.4, -0.2) is 28.3 Å². The lowest BCUT2D eigenvalue weighted by Crippen LogP contribution is -2.15. The Morgan fingerprint density at radius 2 is 2.04 bits per heavy atom. The summed E-state index contributed by atoms with van der Waals surface area (Å²) in [5.41, 5.74) is -1.47. The number of hydrogen-bond acceptors (Lipinski definition) is 4. The summed E-state index contributed by atoms with van der Waals surface area (Å²) in [5.74, 6) is -1.47. The molecule has 0 spiro atoms.